The Hall–Kier alpha value is -2.42. The maximum absolute atomic E-state index is 12.4. The number of aliphatic hydroxyl groups is 7. The summed E-state index contributed by atoms with van der Waals surface area (Å²) in [5, 5.41) is 130. The van der Waals surface area contributed by atoms with E-state index >= 15 is 0 Å². The van der Waals surface area contributed by atoms with Gasteiger partial charge in [-0.25, -0.2) is 19.7 Å². The number of nitriles is 4. The van der Waals surface area contributed by atoms with Crippen LogP contribution >= 0.6 is 0 Å². The molecule has 0 aromatic rings. The van der Waals surface area contributed by atoms with Gasteiger partial charge in [-0.15, -0.1) is 0 Å². The van der Waals surface area contributed by atoms with Gasteiger partial charge in [-0.3, -0.25) is 14.5 Å². The van der Waals surface area contributed by atoms with Crippen molar-refractivity contribution in [3.63, 3.8) is 0 Å². The second kappa shape index (κ2) is 20.4. The summed E-state index contributed by atoms with van der Waals surface area (Å²) >= 11 is 0. The molecule has 0 aromatic carbocycles. The summed E-state index contributed by atoms with van der Waals surface area (Å²) in [5.41, 5.74) is -18.2. The topological polar surface area (TPSA) is 370 Å². The molecule has 20 rings (SSSR count). The predicted molar refractivity (Wildman–Crippen MR) is 346 cm³/mol. The number of rotatable bonds is 11. The molecule has 0 radical (unpaired) electrons. The Balaban J connectivity index is 0.939. The largest absolute Gasteiger partial charge is 0.646 e. The summed E-state index contributed by atoms with van der Waals surface area (Å²) < 4.78 is 114. The molecule has 98 heavy (non-hydrogen) atoms. The van der Waals surface area contributed by atoms with E-state index in [1.165, 1.54) is 0 Å². The average Bonchev–Trinajstić information content (AvgIpc) is 1.06. The van der Waals surface area contributed by atoms with Crippen molar-refractivity contribution in [2.75, 3.05) is 0 Å². The monoisotopic (exact) mass is 1500 g/mol. The molecule has 6 heterocycles. The quantitative estimate of drug-likeness (QED) is 0.0640. The van der Waals surface area contributed by atoms with Crippen molar-refractivity contribution in [3.05, 3.63) is 34.3 Å². The molecule has 6 saturated heterocycles. The predicted octanol–water partition coefficient (Wildman–Crippen LogP) is 6.73. The van der Waals surface area contributed by atoms with Gasteiger partial charge in [-0.05, 0) is 176 Å². The molecule has 20 aliphatic rings. The lowest BCUT2D eigenvalue weighted by molar-refractivity contribution is -0.0747. The van der Waals surface area contributed by atoms with E-state index in [0.29, 0.717) is 51.4 Å². The fourth-order valence-corrected chi connectivity index (χ4v) is 85.4. The van der Waals surface area contributed by atoms with Crippen LogP contribution in [0.5, 0.6) is 0 Å². The van der Waals surface area contributed by atoms with E-state index in [0.717, 1.165) is 0 Å². The Morgan fingerprint density at radius 2 is 0.582 bits per heavy atom. The molecule has 22 bridgehead atoms. The smallest absolute Gasteiger partial charge is 0.395 e. The van der Waals surface area contributed by atoms with Crippen LogP contribution in [-0.4, -0.2) is 154 Å². The first kappa shape index (κ1) is 66.3. The average molecular weight is 1500 g/mol. The van der Waals surface area contributed by atoms with Crippen LogP contribution < -0.4 is 0 Å². The molecule has 0 aromatic heterocycles. The van der Waals surface area contributed by atoms with Gasteiger partial charge in [0.25, 0.3) is 0 Å². The van der Waals surface area contributed by atoms with Crippen molar-refractivity contribution in [2.45, 2.75) is 252 Å². The maximum Gasteiger partial charge on any atom is 0.646 e. The first-order chi connectivity index (χ1) is 46.2. The summed E-state index contributed by atoms with van der Waals surface area (Å²) in [4.78, 5) is 11.7. The minimum atomic E-state index is -5.50. The number of nitrogens with zero attached hydrogens (tertiary/aromatic N) is 7. The summed E-state index contributed by atoms with van der Waals surface area (Å²) in [6.07, 6.45) is 4.04. The normalized spacial score (nSPS) is 62.6. The Labute approximate surface area is 579 Å². The second-order valence-electron chi connectivity index (χ2n) is 35.3. The third-order valence-corrected chi connectivity index (χ3v) is 74.7. The van der Waals surface area contributed by atoms with Gasteiger partial charge in [0, 0.05) is 62.5 Å². The third kappa shape index (κ3) is 8.48. The van der Waals surface area contributed by atoms with Crippen LogP contribution in [-0.2, 0) is 53.5 Å². The molecule has 0 amide bonds. The minimum Gasteiger partial charge on any atom is -0.395 e. The summed E-state index contributed by atoms with van der Waals surface area (Å²) in [6.45, 7) is 33.8. The zero-order valence-electron chi connectivity index (χ0n) is 55.3. The third-order valence-electron chi connectivity index (χ3n) is 30.6. The van der Waals surface area contributed by atoms with Crippen molar-refractivity contribution in [2.24, 2.45) is 82.9 Å². The molecule has 0 spiro atoms. The Morgan fingerprint density at radius 3 is 0.755 bits per heavy atom. The van der Waals surface area contributed by atoms with Crippen LogP contribution in [0.2, 0.25) is 57.4 Å². The highest BCUT2D eigenvalue weighted by atomic mass is 28.6. The Morgan fingerprint density at radius 1 is 0.378 bits per heavy atom. The molecule has 27 nitrogen and oxygen atoms in total. The van der Waals surface area contributed by atoms with E-state index in [-0.39, 0.29) is 95.4 Å². The van der Waals surface area contributed by atoms with Gasteiger partial charge in [-0.2, -0.15) is 21.0 Å². The molecule has 33 unspecified atom stereocenters. The van der Waals surface area contributed by atoms with Crippen molar-refractivity contribution in [1.29, 1.82) is 21.0 Å². The Bertz CT molecular complexity index is 3500. The second-order valence-corrected chi connectivity index (χ2v) is 64.7. The molecule has 14 aliphatic carbocycles. The molecular weight excluding hydrogens is 1420 g/mol. The SMILES string of the molecule is [C-]#[N+]C1(O)CC2CC1CC2[Si]12O[Si]3(O[Si](C)(C)C(C)CC)O[Si]4(C5CC6CC5CC6(O)C#N)O[Si]5(C6CC7CC6CC7(O)C#N)O[Si](C6CC7CC6CC7(O)C#N)(O3)O[Si](C3CC6CC3CC6(O)[N+]#[C-])(O1)O[Si](C1CC3CC1CC3(O)C#N)(O5)O[Si](C1CC3CC1CC3(O)[N+]#[C-])(O4)O2. The number of fused-ring (bicyclic) bond motifs is 14. The van der Waals surface area contributed by atoms with Crippen LogP contribution in [0, 0.1) is 148 Å². The van der Waals surface area contributed by atoms with Crippen molar-refractivity contribution in [1.82, 2.24) is 0 Å². The van der Waals surface area contributed by atoms with E-state index in [1.807, 2.05) is 0 Å². The van der Waals surface area contributed by atoms with E-state index in [4.69, 9.17) is 73.2 Å². The van der Waals surface area contributed by atoms with E-state index in [2.05, 4.69) is 65.8 Å². The van der Waals surface area contributed by atoms with Crippen molar-refractivity contribution in [3.8, 4) is 24.3 Å². The maximum atomic E-state index is 12.4. The van der Waals surface area contributed by atoms with E-state index in [1.54, 1.807) is 0 Å². The van der Waals surface area contributed by atoms with E-state index < -0.39 is 240 Å². The van der Waals surface area contributed by atoms with Gasteiger partial charge in [0.2, 0.25) is 0 Å². The fraction of sp³-hybridized carbons (Fsp3) is 0.887. The van der Waals surface area contributed by atoms with Crippen LogP contribution in [0.1, 0.15) is 155 Å². The fourth-order valence-electron chi connectivity index (χ4n) is 25.4. The van der Waals surface area contributed by atoms with Gasteiger partial charge in [0.1, 0.15) is 0 Å². The number of hydrogen-bond donors (Lipinski definition) is 7. The molecule has 7 N–H and O–H groups in total. The zero-order valence-corrected chi connectivity index (χ0v) is 64.3. The highest BCUT2D eigenvalue weighted by Gasteiger charge is 2.94. The lowest BCUT2D eigenvalue weighted by Gasteiger charge is -2.68. The van der Waals surface area contributed by atoms with Crippen LogP contribution in [0.15, 0.2) is 0 Å². The molecule has 6 aliphatic heterocycles. The van der Waals surface area contributed by atoms with Crippen molar-refractivity contribution >= 4 is 79.0 Å². The summed E-state index contributed by atoms with van der Waals surface area (Å²) in [7, 11) is -45.5. The van der Waals surface area contributed by atoms with E-state index in [9.17, 15) is 56.8 Å². The highest BCUT2D eigenvalue weighted by molar-refractivity contribution is 7.05. The van der Waals surface area contributed by atoms with Gasteiger partial charge in [0.05, 0.1) is 61.3 Å². The number of hydrogen-bond acceptors (Lipinski definition) is 24. The minimum absolute atomic E-state index is 0.00213. The highest BCUT2D eigenvalue weighted by Crippen LogP contribution is 2.76. The van der Waals surface area contributed by atoms with Gasteiger partial charge >= 0.3 is 87.9 Å². The van der Waals surface area contributed by atoms with Gasteiger partial charge in [-0.1, -0.05) is 20.3 Å². The molecular formula is C62H85N7O20Si9. The van der Waals surface area contributed by atoms with Gasteiger partial charge in [0.15, 0.2) is 30.7 Å². The zero-order chi connectivity index (χ0) is 68.4. The summed E-state index contributed by atoms with van der Waals surface area (Å²) in [5.74, 6) is -8.16. The molecule has 33 atom stereocenters. The molecule has 14 saturated carbocycles. The lowest BCUT2D eigenvalue weighted by atomic mass is 9.85. The molecule has 524 valence electrons. The first-order valence-corrected chi connectivity index (χ1v) is 53.5. The lowest BCUT2D eigenvalue weighted by Crippen LogP contribution is -2.92. The summed E-state index contributed by atoms with van der Waals surface area (Å²) in [6, 6.07) is 9.04. The Kier molecular flexibility index (Phi) is 13.8. The van der Waals surface area contributed by atoms with Crippen LogP contribution in [0.25, 0.3) is 14.5 Å². The standard InChI is InChI=1S/C62H85N7O20Si9/c1-8-34(2)90(6,7)77-98-87-95(51-18-44-11-37(51)25-58(44,72)32-65)81-92(50-17-43-10-36(50)24-57(43,71)31-64)78-91(49-16-42-9-35(49)23-56(42,70)30-63)79-93(83-95,53-20-46-13-39(53)27-60(46,74)67-3)85-97(89-98,55-22-48-15-41(55)29-62(48,76)69-5)86-94(80-91,54-21-47-14-40(54)28-61(47,75)68-4)84-96(82-92,88-98)52-19-45-12-38(52)26-59(45,73)33-66/h34-55,70-76H,8-29H2,1-2,6-7H3. The molecule has 20 fully saturated rings. The van der Waals surface area contributed by atoms with Crippen molar-refractivity contribution < 1.29 is 89.2 Å². The van der Waals surface area contributed by atoms with Gasteiger partial charge < -0.3 is 89.2 Å². The van der Waals surface area contributed by atoms with Crippen LogP contribution in [0.3, 0.4) is 0 Å². The first-order valence-electron chi connectivity index (χ1n) is 36.2. The van der Waals surface area contributed by atoms with Crippen LogP contribution in [0.4, 0.5) is 0 Å². The molecule has 36 heteroatoms.